The van der Waals surface area contributed by atoms with Crippen LogP contribution in [0.3, 0.4) is 0 Å². The summed E-state index contributed by atoms with van der Waals surface area (Å²) in [6.45, 7) is 0. The largest absolute Gasteiger partial charge is 0.497 e. The summed E-state index contributed by atoms with van der Waals surface area (Å²) in [6.07, 6.45) is 0. The van der Waals surface area contributed by atoms with Crippen LogP contribution in [-0.2, 0) is 10.1 Å². The van der Waals surface area contributed by atoms with Gasteiger partial charge >= 0.3 is 15.8 Å². The highest BCUT2D eigenvalue weighted by atomic mass is 32.2. The summed E-state index contributed by atoms with van der Waals surface area (Å²) < 4.78 is 52.8. The molecule has 2 aromatic rings. The molecule has 128 valence electrons. The van der Waals surface area contributed by atoms with E-state index in [1.807, 2.05) is 0 Å². The number of nitro benzene ring substituents is 1. The second-order valence-corrected chi connectivity index (χ2v) is 5.94. The number of ether oxygens (including phenoxy) is 2. The maximum Gasteiger partial charge on any atom is 0.343 e. The van der Waals surface area contributed by atoms with Crippen LogP contribution in [0.15, 0.2) is 41.3 Å². The molecule has 0 atom stereocenters. The Kier molecular flexibility index (Phi) is 4.88. The minimum atomic E-state index is -4.54. The molecule has 0 N–H and O–H groups in total. The van der Waals surface area contributed by atoms with Crippen molar-refractivity contribution in [2.75, 3.05) is 14.2 Å². The van der Waals surface area contributed by atoms with Crippen LogP contribution in [0.5, 0.6) is 17.2 Å². The molecule has 0 saturated heterocycles. The maximum atomic E-state index is 13.3. The molecule has 0 fully saturated rings. The molecule has 0 saturated carbocycles. The van der Waals surface area contributed by atoms with Gasteiger partial charge in [-0.1, -0.05) is 0 Å². The zero-order chi connectivity index (χ0) is 17.9. The molecule has 0 spiro atoms. The van der Waals surface area contributed by atoms with Gasteiger partial charge in [-0.3, -0.25) is 10.1 Å². The van der Waals surface area contributed by atoms with E-state index in [4.69, 9.17) is 13.7 Å². The molecule has 0 aliphatic carbocycles. The van der Waals surface area contributed by atoms with Gasteiger partial charge in [-0.25, -0.2) is 4.39 Å². The Bertz CT molecular complexity index is 883. The first-order valence-corrected chi connectivity index (χ1v) is 7.80. The molecule has 0 aromatic heterocycles. The standard InChI is InChI=1S/C14H12FNO7S/c1-21-10-4-6-12(22-2)14(8-10)24(19,20)23-13-7-9(15)3-5-11(13)16(17)18/h3-8H,1-2H3. The third kappa shape index (κ3) is 3.54. The third-order valence-electron chi connectivity index (χ3n) is 2.96. The summed E-state index contributed by atoms with van der Waals surface area (Å²) in [5.41, 5.74) is -0.693. The Morgan fingerprint density at radius 2 is 1.75 bits per heavy atom. The summed E-state index contributed by atoms with van der Waals surface area (Å²) >= 11 is 0. The van der Waals surface area contributed by atoms with Crippen molar-refractivity contribution in [2.45, 2.75) is 4.90 Å². The minimum Gasteiger partial charge on any atom is -0.497 e. The Morgan fingerprint density at radius 1 is 1.04 bits per heavy atom. The molecule has 0 aliphatic heterocycles. The molecular weight excluding hydrogens is 345 g/mol. The second kappa shape index (κ2) is 6.71. The lowest BCUT2D eigenvalue weighted by atomic mass is 10.3. The Labute approximate surface area is 136 Å². The predicted octanol–water partition coefficient (Wildman–Crippen LogP) is 2.52. The lowest BCUT2D eigenvalue weighted by Crippen LogP contribution is -2.12. The van der Waals surface area contributed by atoms with E-state index in [9.17, 15) is 22.9 Å². The second-order valence-electron chi connectivity index (χ2n) is 4.42. The van der Waals surface area contributed by atoms with E-state index in [2.05, 4.69) is 0 Å². The molecule has 2 aromatic carbocycles. The van der Waals surface area contributed by atoms with Crippen molar-refractivity contribution >= 4 is 15.8 Å². The first-order chi connectivity index (χ1) is 11.3. The van der Waals surface area contributed by atoms with Gasteiger partial charge in [-0.2, -0.15) is 8.42 Å². The molecule has 0 heterocycles. The number of nitrogens with zero attached hydrogens (tertiary/aromatic N) is 1. The number of halogens is 1. The van der Waals surface area contributed by atoms with Crippen LogP contribution in [0.2, 0.25) is 0 Å². The quantitative estimate of drug-likeness (QED) is 0.444. The zero-order valence-electron chi connectivity index (χ0n) is 12.6. The van der Waals surface area contributed by atoms with Gasteiger partial charge in [0.2, 0.25) is 5.75 Å². The van der Waals surface area contributed by atoms with Crippen molar-refractivity contribution in [2.24, 2.45) is 0 Å². The highest BCUT2D eigenvalue weighted by Gasteiger charge is 2.27. The Morgan fingerprint density at radius 3 is 2.33 bits per heavy atom. The predicted molar refractivity (Wildman–Crippen MR) is 80.4 cm³/mol. The molecule has 0 bridgehead atoms. The molecule has 24 heavy (non-hydrogen) atoms. The lowest BCUT2D eigenvalue weighted by Gasteiger charge is -2.12. The maximum absolute atomic E-state index is 13.3. The highest BCUT2D eigenvalue weighted by Crippen LogP contribution is 2.34. The van der Waals surface area contributed by atoms with E-state index in [1.54, 1.807) is 0 Å². The van der Waals surface area contributed by atoms with Crippen molar-refractivity contribution in [1.82, 2.24) is 0 Å². The molecule has 10 heteroatoms. The minimum absolute atomic E-state index is 0.0603. The molecule has 0 amide bonds. The molecule has 0 radical (unpaired) electrons. The van der Waals surface area contributed by atoms with Gasteiger partial charge in [0, 0.05) is 18.2 Å². The van der Waals surface area contributed by atoms with Gasteiger partial charge in [0.15, 0.2) is 4.90 Å². The van der Waals surface area contributed by atoms with Crippen LogP contribution in [0.1, 0.15) is 0 Å². The molecule has 0 unspecified atom stereocenters. The monoisotopic (exact) mass is 357 g/mol. The van der Waals surface area contributed by atoms with Crippen LogP contribution < -0.4 is 13.7 Å². The van der Waals surface area contributed by atoms with Gasteiger partial charge in [0.05, 0.1) is 19.1 Å². The Balaban J connectivity index is 2.54. The van der Waals surface area contributed by atoms with Gasteiger partial charge in [0.25, 0.3) is 0 Å². The number of hydrogen-bond donors (Lipinski definition) is 0. The Hall–Kier alpha value is -2.88. The summed E-state index contributed by atoms with van der Waals surface area (Å²) in [7, 11) is -1.97. The van der Waals surface area contributed by atoms with Crippen LogP contribution in [0.4, 0.5) is 10.1 Å². The summed E-state index contributed by atoms with van der Waals surface area (Å²) in [6, 6.07) is 6.16. The van der Waals surface area contributed by atoms with Crippen LogP contribution in [0, 0.1) is 15.9 Å². The van der Waals surface area contributed by atoms with Gasteiger partial charge in [-0.15, -0.1) is 0 Å². The van der Waals surface area contributed by atoms with Gasteiger partial charge in [-0.05, 0) is 18.2 Å². The molecule has 0 aliphatic rings. The summed E-state index contributed by atoms with van der Waals surface area (Å²) in [4.78, 5) is 9.65. The van der Waals surface area contributed by atoms with E-state index in [0.717, 1.165) is 18.2 Å². The highest BCUT2D eigenvalue weighted by molar-refractivity contribution is 7.87. The normalized spacial score (nSPS) is 11.0. The van der Waals surface area contributed by atoms with Crippen molar-refractivity contribution in [1.29, 1.82) is 0 Å². The fourth-order valence-electron chi connectivity index (χ4n) is 1.85. The number of methoxy groups -OCH3 is 2. The fourth-order valence-corrected chi connectivity index (χ4v) is 2.97. The number of benzene rings is 2. The number of nitro groups is 1. The lowest BCUT2D eigenvalue weighted by molar-refractivity contribution is -0.385. The zero-order valence-corrected chi connectivity index (χ0v) is 13.4. The summed E-state index contributed by atoms with van der Waals surface area (Å²) in [5, 5.41) is 10.9. The average Bonchev–Trinajstić information content (AvgIpc) is 2.53. The van der Waals surface area contributed by atoms with Crippen molar-refractivity contribution in [3.8, 4) is 17.2 Å². The van der Waals surface area contributed by atoms with E-state index >= 15 is 0 Å². The van der Waals surface area contributed by atoms with Crippen molar-refractivity contribution in [3.05, 3.63) is 52.3 Å². The van der Waals surface area contributed by atoms with Crippen LogP contribution in [0.25, 0.3) is 0 Å². The van der Waals surface area contributed by atoms with E-state index < -0.39 is 37.2 Å². The smallest absolute Gasteiger partial charge is 0.343 e. The van der Waals surface area contributed by atoms with E-state index in [0.29, 0.717) is 6.07 Å². The average molecular weight is 357 g/mol. The van der Waals surface area contributed by atoms with E-state index in [-0.39, 0.29) is 11.5 Å². The number of rotatable bonds is 6. The van der Waals surface area contributed by atoms with Gasteiger partial charge < -0.3 is 13.7 Å². The van der Waals surface area contributed by atoms with E-state index in [1.165, 1.54) is 26.4 Å². The molecule has 2 rings (SSSR count). The summed E-state index contributed by atoms with van der Waals surface area (Å²) in [5.74, 6) is -1.49. The third-order valence-corrected chi connectivity index (χ3v) is 4.21. The fraction of sp³-hybridized carbons (Fsp3) is 0.143. The SMILES string of the molecule is COc1ccc(OC)c(S(=O)(=O)Oc2cc(F)ccc2[N+](=O)[O-])c1. The van der Waals surface area contributed by atoms with Crippen LogP contribution >= 0.6 is 0 Å². The van der Waals surface area contributed by atoms with Crippen molar-refractivity contribution < 1.29 is 31.4 Å². The molecular formula is C14H12FNO7S. The van der Waals surface area contributed by atoms with Crippen LogP contribution in [-0.4, -0.2) is 27.6 Å². The topological polar surface area (TPSA) is 105 Å². The molecule has 8 nitrogen and oxygen atoms in total. The first kappa shape index (κ1) is 17.5. The van der Waals surface area contributed by atoms with Crippen molar-refractivity contribution in [3.63, 3.8) is 0 Å². The van der Waals surface area contributed by atoms with Gasteiger partial charge in [0.1, 0.15) is 17.3 Å². The number of hydrogen-bond acceptors (Lipinski definition) is 7. The first-order valence-electron chi connectivity index (χ1n) is 6.39.